The molecule has 3 atom stereocenters. The Morgan fingerprint density at radius 1 is 1.10 bits per heavy atom. The molecule has 3 aliphatic rings. The third-order valence-corrected chi connectivity index (χ3v) is 6.15. The molecule has 29 heavy (non-hydrogen) atoms. The molecule has 3 aliphatic heterocycles. The van der Waals surface area contributed by atoms with Crippen molar-refractivity contribution in [3.8, 4) is 0 Å². The van der Waals surface area contributed by atoms with Crippen LogP contribution in [-0.4, -0.2) is 53.3 Å². The number of piperidine rings is 2. The summed E-state index contributed by atoms with van der Waals surface area (Å²) in [4.78, 5) is 15.2. The highest BCUT2D eigenvalue weighted by Gasteiger charge is 2.64. The molecule has 0 N–H and O–H groups in total. The first kappa shape index (κ1) is 20.5. The molecule has 3 heterocycles. The maximum Gasteiger partial charge on any atom is 0.416 e. The third-order valence-electron chi connectivity index (χ3n) is 6.15. The average Bonchev–Trinajstić information content (AvgIpc) is 3.03. The van der Waals surface area contributed by atoms with Crippen LogP contribution < -0.4 is 0 Å². The second-order valence-electron chi connectivity index (χ2n) is 7.89. The van der Waals surface area contributed by atoms with Gasteiger partial charge in [-0.1, -0.05) is 12.1 Å². The van der Waals surface area contributed by atoms with Crippen LogP contribution in [0.3, 0.4) is 0 Å². The van der Waals surface area contributed by atoms with Gasteiger partial charge in [0.15, 0.2) is 6.04 Å². The molecule has 4 rings (SSSR count). The van der Waals surface area contributed by atoms with Crippen LogP contribution in [0.15, 0.2) is 24.3 Å². The van der Waals surface area contributed by atoms with E-state index in [9.17, 15) is 31.1 Å². The zero-order chi connectivity index (χ0) is 21.0. The van der Waals surface area contributed by atoms with Gasteiger partial charge in [0, 0.05) is 38.4 Å². The lowest BCUT2D eigenvalue weighted by molar-refractivity contribution is -0.215. The van der Waals surface area contributed by atoms with E-state index in [0.29, 0.717) is 31.6 Å². The standard InChI is InChI=1S/C19H20F6N2O2/c20-18(21,22)13-3-1-12(2-4-13)9-26-8-7-17-14(10-26)5-6-16(28)27(17)15(11-29-17)19(23,24)25/h1-4,14-15H,5-11H2/t14-,15-,17-/m1/s1. The van der Waals surface area contributed by atoms with Crippen molar-refractivity contribution in [2.75, 3.05) is 19.7 Å². The number of ether oxygens (including phenoxy) is 1. The molecule has 3 fully saturated rings. The van der Waals surface area contributed by atoms with Crippen LogP contribution in [-0.2, 0) is 22.3 Å². The van der Waals surface area contributed by atoms with Crippen molar-refractivity contribution in [1.82, 2.24) is 9.80 Å². The zero-order valence-electron chi connectivity index (χ0n) is 15.4. The summed E-state index contributed by atoms with van der Waals surface area (Å²) in [6.07, 6.45) is -8.22. The Labute approximate surface area is 163 Å². The SMILES string of the molecule is O=C1CC[C@@H]2CN(Cc3ccc(C(F)(F)F)cc3)CC[C@@]23OC[C@H](C(F)(F)F)N13. The van der Waals surface area contributed by atoms with E-state index in [4.69, 9.17) is 4.74 Å². The first-order valence-corrected chi connectivity index (χ1v) is 9.42. The fraction of sp³-hybridized carbons (Fsp3) is 0.632. The van der Waals surface area contributed by atoms with Gasteiger partial charge in [0.2, 0.25) is 5.91 Å². The fourth-order valence-corrected chi connectivity index (χ4v) is 4.77. The molecule has 1 spiro atoms. The quantitative estimate of drug-likeness (QED) is 0.680. The number of nitrogens with zero attached hydrogens (tertiary/aromatic N) is 2. The summed E-state index contributed by atoms with van der Waals surface area (Å²) in [5.41, 5.74) is -1.26. The number of carbonyl (C=O) groups is 1. The molecule has 1 aromatic carbocycles. The Balaban J connectivity index is 1.48. The lowest BCUT2D eigenvalue weighted by Crippen LogP contribution is -2.66. The van der Waals surface area contributed by atoms with Crippen molar-refractivity contribution in [3.05, 3.63) is 35.4 Å². The van der Waals surface area contributed by atoms with E-state index in [1.807, 2.05) is 4.90 Å². The molecular formula is C19H20F6N2O2. The molecule has 3 saturated heterocycles. The average molecular weight is 422 g/mol. The maximum atomic E-state index is 13.4. The first-order valence-electron chi connectivity index (χ1n) is 9.42. The highest BCUT2D eigenvalue weighted by Crippen LogP contribution is 2.49. The van der Waals surface area contributed by atoms with Crippen LogP contribution in [0.4, 0.5) is 26.3 Å². The number of rotatable bonds is 2. The molecule has 1 aromatic rings. The molecule has 0 unspecified atom stereocenters. The summed E-state index contributed by atoms with van der Waals surface area (Å²) < 4.78 is 83.9. The molecule has 4 nitrogen and oxygen atoms in total. The first-order chi connectivity index (χ1) is 13.5. The largest absolute Gasteiger partial charge is 0.416 e. The normalized spacial score (nSPS) is 31.0. The van der Waals surface area contributed by atoms with Gasteiger partial charge in [0.25, 0.3) is 0 Å². The van der Waals surface area contributed by atoms with Gasteiger partial charge in [-0.25, -0.2) is 0 Å². The van der Waals surface area contributed by atoms with Gasteiger partial charge < -0.3 is 4.74 Å². The second-order valence-corrected chi connectivity index (χ2v) is 7.89. The summed E-state index contributed by atoms with van der Waals surface area (Å²) in [7, 11) is 0. The topological polar surface area (TPSA) is 32.8 Å². The van der Waals surface area contributed by atoms with Gasteiger partial charge >= 0.3 is 12.4 Å². The molecule has 0 saturated carbocycles. The van der Waals surface area contributed by atoms with Crippen LogP contribution in [0.2, 0.25) is 0 Å². The molecule has 160 valence electrons. The van der Waals surface area contributed by atoms with Crippen molar-refractivity contribution in [3.63, 3.8) is 0 Å². The highest BCUT2D eigenvalue weighted by molar-refractivity contribution is 5.79. The highest BCUT2D eigenvalue weighted by atomic mass is 19.4. The number of hydrogen-bond donors (Lipinski definition) is 0. The van der Waals surface area contributed by atoms with Crippen LogP contribution >= 0.6 is 0 Å². The number of halogens is 6. The molecule has 1 amide bonds. The minimum absolute atomic E-state index is 0.0382. The number of amides is 1. The Kier molecular flexibility index (Phi) is 4.85. The van der Waals surface area contributed by atoms with Crippen molar-refractivity contribution in [2.45, 2.75) is 49.9 Å². The summed E-state index contributed by atoms with van der Waals surface area (Å²) in [6, 6.07) is 2.95. The molecule has 0 bridgehead atoms. The minimum Gasteiger partial charge on any atom is -0.353 e. The van der Waals surface area contributed by atoms with E-state index in [1.54, 1.807) is 0 Å². The Morgan fingerprint density at radius 2 is 1.79 bits per heavy atom. The third kappa shape index (κ3) is 3.61. The monoisotopic (exact) mass is 422 g/mol. The Morgan fingerprint density at radius 3 is 2.41 bits per heavy atom. The molecular weight excluding hydrogens is 402 g/mol. The number of hydrogen-bond acceptors (Lipinski definition) is 3. The van der Waals surface area contributed by atoms with Gasteiger partial charge in [-0.2, -0.15) is 26.3 Å². The van der Waals surface area contributed by atoms with Crippen LogP contribution in [0, 0.1) is 5.92 Å². The Hall–Kier alpha value is -1.81. The predicted octanol–water partition coefficient (Wildman–Crippen LogP) is 3.81. The maximum absolute atomic E-state index is 13.4. The van der Waals surface area contributed by atoms with Crippen LogP contribution in [0.1, 0.15) is 30.4 Å². The minimum atomic E-state index is -4.54. The fourth-order valence-electron chi connectivity index (χ4n) is 4.77. The number of carbonyl (C=O) groups excluding carboxylic acids is 1. The summed E-state index contributed by atoms with van der Waals surface area (Å²) in [6.45, 7) is 0.660. The van der Waals surface area contributed by atoms with Crippen molar-refractivity contribution in [2.24, 2.45) is 5.92 Å². The van der Waals surface area contributed by atoms with Gasteiger partial charge in [0.1, 0.15) is 5.72 Å². The molecule has 0 aliphatic carbocycles. The van der Waals surface area contributed by atoms with Gasteiger partial charge in [0.05, 0.1) is 12.2 Å². The van der Waals surface area contributed by atoms with Crippen molar-refractivity contribution < 1.29 is 35.9 Å². The second kappa shape index (κ2) is 6.87. The lowest BCUT2D eigenvalue weighted by atomic mass is 9.79. The summed E-state index contributed by atoms with van der Waals surface area (Å²) in [5.74, 6) is -0.798. The lowest BCUT2D eigenvalue weighted by Gasteiger charge is -2.52. The van der Waals surface area contributed by atoms with E-state index in [2.05, 4.69) is 0 Å². The van der Waals surface area contributed by atoms with Crippen molar-refractivity contribution in [1.29, 1.82) is 0 Å². The zero-order valence-corrected chi connectivity index (χ0v) is 15.4. The molecule has 0 aromatic heterocycles. The predicted molar refractivity (Wildman–Crippen MR) is 89.4 cm³/mol. The smallest absolute Gasteiger partial charge is 0.353 e. The van der Waals surface area contributed by atoms with E-state index < -0.39 is 42.2 Å². The number of benzene rings is 1. The van der Waals surface area contributed by atoms with Gasteiger partial charge in [-0.15, -0.1) is 0 Å². The molecule has 10 heteroatoms. The van der Waals surface area contributed by atoms with Crippen LogP contribution in [0.25, 0.3) is 0 Å². The van der Waals surface area contributed by atoms with Crippen LogP contribution in [0.5, 0.6) is 0 Å². The summed E-state index contributed by atoms with van der Waals surface area (Å²) in [5, 5.41) is 0. The van der Waals surface area contributed by atoms with E-state index >= 15 is 0 Å². The van der Waals surface area contributed by atoms with Crippen molar-refractivity contribution >= 4 is 5.91 Å². The Bertz CT molecular complexity index is 778. The van der Waals surface area contributed by atoms with E-state index in [-0.39, 0.29) is 18.8 Å². The summed E-state index contributed by atoms with van der Waals surface area (Å²) >= 11 is 0. The van der Waals surface area contributed by atoms with E-state index in [1.165, 1.54) is 12.1 Å². The van der Waals surface area contributed by atoms with Gasteiger partial charge in [-0.05, 0) is 24.1 Å². The van der Waals surface area contributed by atoms with Gasteiger partial charge in [-0.3, -0.25) is 14.6 Å². The van der Waals surface area contributed by atoms with E-state index in [0.717, 1.165) is 17.0 Å². The number of alkyl halides is 6. The number of likely N-dealkylation sites (tertiary alicyclic amines) is 1. The molecule has 0 radical (unpaired) electrons.